The topological polar surface area (TPSA) is 83.8 Å². The Balaban J connectivity index is 2.27. The van der Waals surface area contributed by atoms with Crippen molar-refractivity contribution in [2.24, 2.45) is 0 Å². The number of nitrogens with zero attached hydrogens (tertiary/aromatic N) is 1. The van der Waals surface area contributed by atoms with Gasteiger partial charge in [0.2, 0.25) is 0 Å². The van der Waals surface area contributed by atoms with Crippen molar-refractivity contribution in [3.05, 3.63) is 39.1 Å². The molecule has 0 fully saturated rings. The normalized spacial score (nSPS) is 10.7. The van der Waals surface area contributed by atoms with Gasteiger partial charge >= 0.3 is 0 Å². The number of hydrogen-bond acceptors (Lipinski definition) is 3. The van der Waals surface area contributed by atoms with Gasteiger partial charge in [-0.3, -0.25) is 9.89 Å². The van der Waals surface area contributed by atoms with E-state index in [-0.39, 0.29) is 11.6 Å². The van der Waals surface area contributed by atoms with Crippen LogP contribution in [0.2, 0.25) is 0 Å². The summed E-state index contributed by atoms with van der Waals surface area (Å²) < 4.78 is 0.986. The number of rotatable bonds is 4. The quantitative estimate of drug-likeness (QED) is 0.787. The molecule has 0 aliphatic heterocycles. The second-order valence-electron chi connectivity index (χ2n) is 5.08. The molecule has 1 aromatic heterocycles. The number of anilines is 2. The molecule has 0 atom stereocenters. The lowest BCUT2D eigenvalue weighted by Gasteiger charge is -2.11. The molecule has 0 radical (unpaired) electrons. The van der Waals surface area contributed by atoms with Crippen molar-refractivity contribution < 1.29 is 4.79 Å². The van der Waals surface area contributed by atoms with Crippen LogP contribution in [0, 0.1) is 13.8 Å². The molecule has 0 unspecified atom stereocenters. The fourth-order valence-corrected chi connectivity index (χ4v) is 2.97. The van der Waals surface area contributed by atoms with Crippen molar-refractivity contribution in [3.63, 3.8) is 0 Å². The zero-order valence-corrected chi connectivity index (χ0v) is 14.0. The van der Waals surface area contributed by atoms with Crippen LogP contribution in [0.25, 0.3) is 0 Å². The lowest BCUT2D eigenvalue weighted by Crippen LogP contribution is -2.16. The van der Waals surface area contributed by atoms with E-state index < -0.39 is 0 Å². The van der Waals surface area contributed by atoms with Crippen molar-refractivity contribution in [2.45, 2.75) is 33.6 Å². The van der Waals surface area contributed by atoms with Gasteiger partial charge in [0.25, 0.3) is 5.91 Å². The Bertz CT molecular complexity index is 655. The average Bonchev–Trinajstić information content (AvgIpc) is 2.76. The van der Waals surface area contributed by atoms with Crippen molar-refractivity contribution in [1.82, 2.24) is 10.2 Å². The summed E-state index contributed by atoms with van der Waals surface area (Å²) in [5.74, 6) is -0.292. The van der Waals surface area contributed by atoms with E-state index >= 15 is 0 Å². The highest BCUT2D eigenvalue weighted by Crippen LogP contribution is 2.26. The molecule has 2 rings (SSSR count). The summed E-state index contributed by atoms with van der Waals surface area (Å²) in [7, 11) is 0. The van der Waals surface area contributed by atoms with Gasteiger partial charge in [-0.05, 0) is 43.5 Å². The number of carbonyl (C=O) groups excluding carboxylic acids is 1. The van der Waals surface area contributed by atoms with Gasteiger partial charge in [0.15, 0.2) is 5.69 Å². The van der Waals surface area contributed by atoms with Crippen LogP contribution in [-0.4, -0.2) is 16.1 Å². The average molecular weight is 351 g/mol. The number of carbonyl (C=O) groups is 1. The summed E-state index contributed by atoms with van der Waals surface area (Å²) >= 11 is 3.44. The molecule has 1 amide bonds. The molecule has 1 aromatic carbocycles. The van der Waals surface area contributed by atoms with E-state index in [0.717, 1.165) is 39.8 Å². The molecule has 5 nitrogen and oxygen atoms in total. The monoisotopic (exact) mass is 350 g/mol. The summed E-state index contributed by atoms with van der Waals surface area (Å²) in [5, 5.41) is 9.77. The van der Waals surface area contributed by atoms with Crippen LogP contribution in [-0.2, 0) is 6.42 Å². The van der Waals surface area contributed by atoms with Crippen molar-refractivity contribution in [2.75, 3.05) is 11.1 Å². The highest BCUT2D eigenvalue weighted by Gasteiger charge is 2.18. The van der Waals surface area contributed by atoms with Gasteiger partial charge in [-0.15, -0.1) is 0 Å². The molecular formula is C15H19BrN4O. The molecule has 112 valence electrons. The number of aryl methyl sites for hydroxylation is 3. The number of H-pyrrole nitrogens is 1. The maximum atomic E-state index is 12.4. The van der Waals surface area contributed by atoms with E-state index in [2.05, 4.69) is 38.4 Å². The third kappa shape index (κ3) is 3.26. The number of aromatic amines is 1. The summed E-state index contributed by atoms with van der Waals surface area (Å²) in [6.07, 6.45) is 1.72. The van der Waals surface area contributed by atoms with E-state index in [9.17, 15) is 4.79 Å². The smallest absolute Gasteiger partial charge is 0.278 e. The minimum absolute atomic E-state index is 0.250. The standard InChI is InChI=1S/C15H19BrN4O/c1-4-5-11-12(17)14(20-19-11)15(21)18-13-8(2)6-10(16)7-9(13)3/h6-7H,4-5,17H2,1-3H3,(H,18,21)(H,19,20). The number of amides is 1. The Hall–Kier alpha value is -1.82. The number of halogens is 1. The molecule has 6 heteroatoms. The number of hydrogen-bond donors (Lipinski definition) is 3. The van der Waals surface area contributed by atoms with E-state index in [4.69, 9.17) is 5.73 Å². The minimum atomic E-state index is -0.292. The van der Waals surface area contributed by atoms with Gasteiger partial charge in [-0.25, -0.2) is 0 Å². The Morgan fingerprint density at radius 1 is 1.38 bits per heavy atom. The van der Waals surface area contributed by atoms with Crippen LogP contribution in [0.15, 0.2) is 16.6 Å². The van der Waals surface area contributed by atoms with E-state index in [0.29, 0.717) is 5.69 Å². The molecule has 21 heavy (non-hydrogen) atoms. The van der Waals surface area contributed by atoms with Crippen LogP contribution in [0.1, 0.15) is 40.7 Å². The first-order valence-electron chi connectivity index (χ1n) is 6.84. The Kier molecular flexibility index (Phi) is 4.67. The molecule has 4 N–H and O–H groups in total. The fraction of sp³-hybridized carbons (Fsp3) is 0.333. The Morgan fingerprint density at radius 3 is 2.57 bits per heavy atom. The summed E-state index contributed by atoms with van der Waals surface area (Å²) in [4.78, 5) is 12.4. The summed E-state index contributed by atoms with van der Waals surface area (Å²) in [6.45, 7) is 5.95. The maximum absolute atomic E-state index is 12.4. The van der Waals surface area contributed by atoms with E-state index in [1.54, 1.807) is 0 Å². The number of benzene rings is 1. The van der Waals surface area contributed by atoms with Gasteiger partial charge in [0.05, 0.1) is 11.4 Å². The summed E-state index contributed by atoms with van der Waals surface area (Å²) in [6, 6.07) is 3.91. The largest absolute Gasteiger partial charge is 0.395 e. The molecule has 0 saturated heterocycles. The van der Waals surface area contributed by atoms with Gasteiger partial charge in [-0.2, -0.15) is 5.10 Å². The first-order valence-corrected chi connectivity index (χ1v) is 7.64. The lowest BCUT2D eigenvalue weighted by molar-refractivity contribution is 0.102. The molecule has 0 aliphatic rings. The highest BCUT2D eigenvalue weighted by molar-refractivity contribution is 9.10. The van der Waals surface area contributed by atoms with Crippen LogP contribution >= 0.6 is 15.9 Å². The molecule has 0 bridgehead atoms. The Morgan fingerprint density at radius 2 is 2.00 bits per heavy atom. The van der Waals surface area contributed by atoms with Crippen LogP contribution in [0.5, 0.6) is 0 Å². The number of aromatic nitrogens is 2. The van der Waals surface area contributed by atoms with Crippen molar-refractivity contribution >= 4 is 33.2 Å². The molecule has 2 aromatic rings. The third-order valence-corrected chi connectivity index (χ3v) is 3.79. The molecule has 1 heterocycles. The van der Waals surface area contributed by atoms with E-state index in [1.807, 2.05) is 26.0 Å². The number of nitrogen functional groups attached to an aromatic ring is 1. The maximum Gasteiger partial charge on any atom is 0.278 e. The second-order valence-corrected chi connectivity index (χ2v) is 6.00. The number of nitrogens with two attached hydrogens (primary N) is 1. The number of nitrogens with one attached hydrogen (secondary N) is 2. The third-order valence-electron chi connectivity index (χ3n) is 3.33. The molecule has 0 spiro atoms. The van der Waals surface area contributed by atoms with E-state index in [1.165, 1.54) is 0 Å². The van der Waals surface area contributed by atoms with Gasteiger partial charge < -0.3 is 11.1 Å². The van der Waals surface area contributed by atoms with Crippen molar-refractivity contribution in [1.29, 1.82) is 0 Å². The van der Waals surface area contributed by atoms with Gasteiger partial charge in [-0.1, -0.05) is 29.3 Å². The molecular weight excluding hydrogens is 332 g/mol. The van der Waals surface area contributed by atoms with Crippen LogP contribution in [0.3, 0.4) is 0 Å². The lowest BCUT2D eigenvalue weighted by atomic mass is 10.1. The molecule has 0 aliphatic carbocycles. The molecule has 0 saturated carbocycles. The minimum Gasteiger partial charge on any atom is -0.395 e. The van der Waals surface area contributed by atoms with Gasteiger partial charge in [0.1, 0.15) is 0 Å². The SMILES string of the molecule is CCCc1[nH]nc(C(=O)Nc2c(C)cc(Br)cc2C)c1N. The van der Waals surface area contributed by atoms with Crippen LogP contribution < -0.4 is 11.1 Å². The van der Waals surface area contributed by atoms with Gasteiger partial charge in [0, 0.05) is 10.2 Å². The first kappa shape index (κ1) is 15.6. The fourth-order valence-electron chi connectivity index (χ4n) is 2.28. The zero-order chi connectivity index (χ0) is 15.6. The predicted molar refractivity (Wildman–Crippen MR) is 88.6 cm³/mol. The van der Waals surface area contributed by atoms with Crippen molar-refractivity contribution in [3.8, 4) is 0 Å². The second kappa shape index (κ2) is 6.30. The highest BCUT2D eigenvalue weighted by atomic mass is 79.9. The first-order chi connectivity index (χ1) is 9.93. The Labute approximate surface area is 132 Å². The zero-order valence-electron chi connectivity index (χ0n) is 12.4. The summed E-state index contributed by atoms with van der Waals surface area (Å²) in [5.41, 5.74) is 10.2. The van der Waals surface area contributed by atoms with Crippen LogP contribution in [0.4, 0.5) is 11.4 Å². The predicted octanol–water partition coefficient (Wildman–Crippen LogP) is 3.58.